The average molecular weight is 336 g/mol. The molecule has 0 heterocycles. The maximum Gasteiger partial charge on any atom is 0.240 e. The standard InChI is InChI=1S/C12H18BrNO3S/c1-10(15)3-2-8-14-18(16,17)12-6-4-11(9-13)5-7-12/h4-7,10,14-15H,2-3,8-9H2,1H3. The largest absolute Gasteiger partial charge is 0.393 e. The number of alkyl halides is 1. The Labute approximate surface area is 117 Å². The van der Waals surface area contributed by atoms with Crippen LogP contribution in [0.25, 0.3) is 0 Å². The van der Waals surface area contributed by atoms with E-state index in [9.17, 15) is 8.42 Å². The summed E-state index contributed by atoms with van der Waals surface area (Å²) in [5, 5.41) is 9.78. The van der Waals surface area contributed by atoms with E-state index in [2.05, 4.69) is 20.7 Å². The minimum atomic E-state index is -3.43. The van der Waals surface area contributed by atoms with Crippen molar-refractivity contribution >= 4 is 26.0 Å². The predicted molar refractivity (Wildman–Crippen MR) is 75.2 cm³/mol. The van der Waals surface area contributed by atoms with Crippen LogP contribution in [0, 0.1) is 0 Å². The van der Waals surface area contributed by atoms with E-state index in [1.807, 2.05) is 0 Å². The fraction of sp³-hybridized carbons (Fsp3) is 0.500. The summed E-state index contributed by atoms with van der Waals surface area (Å²) < 4.78 is 26.3. The summed E-state index contributed by atoms with van der Waals surface area (Å²) in [6.07, 6.45) is 0.814. The van der Waals surface area contributed by atoms with Gasteiger partial charge in [0.15, 0.2) is 0 Å². The van der Waals surface area contributed by atoms with Crippen LogP contribution in [-0.4, -0.2) is 26.2 Å². The molecule has 0 radical (unpaired) electrons. The molecule has 0 bridgehead atoms. The first-order valence-electron chi connectivity index (χ1n) is 5.78. The summed E-state index contributed by atoms with van der Waals surface area (Å²) in [5.74, 6) is 0. The van der Waals surface area contributed by atoms with Crippen molar-refractivity contribution in [1.29, 1.82) is 0 Å². The summed E-state index contributed by atoms with van der Waals surface area (Å²) in [6.45, 7) is 2.03. The van der Waals surface area contributed by atoms with Crippen LogP contribution in [0.4, 0.5) is 0 Å². The van der Waals surface area contributed by atoms with Gasteiger partial charge in [-0.05, 0) is 37.5 Å². The lowest BCUT2D eigenvalue weighted by atomic mass is 10.2. The number of sulfonamides is 1. The van der Waals surface area contributed by atoms with E-state index in [4.69, 9.17) is 5.11 Å². The van der Waals surface area contributed by atoms with Gasteiger partial charge in [-0.3, -0.25) is 0 Å². The van der Waals surface area contributed by atoms with Crippen molar-refractivity contribution in [2.24, 2.45) is 0 Å². The summed E-state index contributed by atoms with van der Waals surface area (Å²) in [4.78, 5) is 0.268. The lowest BCUT2D eigenvalue weighted by Crippen LogP contribution is -2.25. The van der Waals surface area contributed by atoms with Crippen molar-refractivity contribution in [3.63, 3.8) is 0 Å². The summed E-state index contributed by atoms with van der Waals surface area (Å²) in [7, 11) is -3.43. The van der Waals surface area contributed by atoms with Crippen molar-refractivity contribution < 1.29 is 13.5 Å². The fourth-order valence-electron chi connectivity index (χ4n) is 1.45. The zero-order chi connectivity index (χ0) is 13.6. The van der Waals surface area contributed by atoms with Gasteiger partial charge in [-0.1, -0.05) is 28.1 Å². The minimum Gasteiger partial charge on any atom is -0.393 e. The van der Waals surface area contributed by atoms with Crippen LogP contribution in [0.2, 0.25) is 0 Å². The third-order valence-electron chi connectivity index (χ3n) is 2.48. The third kappa shape index (κ3) is 5.06. The lowest BCUT2D eigenvalue weighted by Gasteiger charge is -2.08. The molecule has 0 saturated carbocycles. The molecule has 0 aliphatic carbocycles. The van der Waals surface area contributed by atoms with Gasteiger partial charge in [-0.25, -0.2) is 13.1 Å². The van der Waals surface area contributed by atoms with E-state index < -0.39 is 16.1 Å². The summed E-state index contributed by atoms with van der Waals surface area (Å²) >= 11 is 3.31. The molecule has 0 aliphatic heterocycles. The monoisotopic (exact) mass is 335 g/mol. The van der Waals surface area contributed by atoms with E-state index in [0.29, 0.717) is 24.7 Å². The van der Waals surface area contributed by atoms with Crippen molar-refractivity contribution in [2.45, 2.75) is 36.1 Å². The zero-order valence-electron chi connectivity index (χ0n) is 10.3. The Morgan fingerprint density at radius 3 is 2.44 bits per heavy atom. The second-order valence-corrected chi connectivity index (χ2v) is 6.49. The van der Waals surface area contributed by atoms with Crippen LogP contribution in [-0.2, 0) is 15.4 Å². The molecule has 0 aromatic heterocycles. The maximum atomic E-state index is 11.9. The Hall–Kier alpha value is -0.430. The van der Waals surface area contributed by atoms with E-state index in [-0.39, 0.29) is 4.90 Å². The topological polar surface area (TPSA) is 66.4 Å². The van der Waals surface area contributed by atoms with Gasteiger partial charge in [-0.15, -0.1) is 0 Å². The van der Waals surface area contributed by atoms with Crippen molar-refractivity contribution in [1.82, 2.24) is 4.72 Å². The number of hydrogen-bond acceptors (Lipinski definition) is 3. The Balaban J connectivity index is 2.57. The Kier molecular flexibility index (Phi) is 6.28. The van der Waals surface area contributed by atoms with Gasteiger partial charge >= 0.3 is 0 Å². The molecule has 2 N–H and O–H groups in total. The van der Waals surface area contributed by atoms with Gasteiger partial charge in [-0.2, -0.15) is 0 Å². The number of benzene rings is 1. The highest BCUT2D eigenvalue weighted by Crippen LogP contribution is 2.12. The van der Waals surface area contributed by atoms with Gasteiger partial charge in [0.2, 0.25) is 10.0 Å². The quantitative estimate of drug-likeness (QED) is 0.591. The van der Waals surface area contributed by atoms with Gasteiger partial charge in [0.05, 0.1) is 11.0 Å². The molecule has 0 fully saturated rings. The van der Waals surface area contributed by atoms with Crippen LogP contribution in [0.1, 0.15) is 25.3 Å². The molecule has 1 aromatic carbocycles. The molecule has 18 heavy (non-hydrogen) atoms. The first-order chi connectivity index (χ1) is 8.45. The first kappa shape index (κ1) is 15.6. The van der Waals surface area contributed by atoms with Gasteiger partial charge in [0.1, 0.15) is 0 Å². The molecule has 0 spiro atoms. The molecule has 6 heteroatoms. The van der Waals surface area contributed by atoms with E-state index in [0.717, 1.165) is 5.56 Å². The summed E-state index contributed by atoms with van der Waals surface area (Å²) in [5.41, 5.74) is 1.03. The van der Waals surface area contributed by atoms with E-state index in [1.165, 1.54) is 0 Å². The highest BCUT2D eigenvalue weighted by molar-refractivity contribution is 9.08. The Bertz CT molecular complexity index is 457. The first-order valence-corrected chi connectivity index (χ1v) is 8.39. The molecule has 1 unspecified atom stereocenters. The van der Waals surface area contributed by atoms with E-state index in [1.54, 1.807) is 31.2 Å². The third-order valence-corrected chi connectivity index (χ3v) is 4.60. The Morgan fingerprint density at radius 2 is 1.94 bits per heavy atom. The van der Waals surface area contributed by atoms with Crippen LogP contribution in [0.15, 0.2) is 29.2 Å². The van der Waals surface area contributed by atoms with Crippen molar-refractivity contribution in [3.8, 4) is 0 Å². The highest BCUT2D eigenvalue weighted by Gasteiger charge is 2.12. The SMILES string of the molecule is CC(O)CCCNS(=O)(=O)c1ccc(CBr)cc1. The molecule has 1 rings (SSSR count). The highest BCUT2D eigenvalue weighted by atomic mass is 79.9. The number of aliphatic hydroxyl groups excluding tert-OH is 1. The van der Waals surface area contributed by atoms with Crippen LogP contribution >= 0.6 is 15.9 Å². The molecular formula is C12H18BrNO3S. The molecule has 1 aromatic rings. The number of rotatable bonds is 7. The summed E-state index contributed by atoms with van der Waals surface area (Å²) in [6, 6.07) is 6.74. The fourth-order valence-corrected chi connectivity index (χ4v) is 2.89. The molecule has 0 amide bonds. The van der Waals surface area contributed by atoms with Crippen LogP contribution in [0.5, 0.6) is 0 Å². The molecule has 0 aliphatic rings. The minimum absolute atomic E-state index is 0.268. The van der Waals surface area contributed by atoms with Gasteiger partial charge < -0.3 is 5.11 Å². The normalized spacial score (nSPS) is 13.5. The smallest absolute Gasteiger partial charge is 0.240 e. The average Bonchev–Trinajstić information content (AvgIpc) is 2.34. The number of aliphatic hydroxyl groups is 1. The number of hydrogen-bond donors (Lipinski definition) is 2. The second-order valence-electron chi connectivity index (χ2n) is 4.17. The second kappa shape index (κ2) is 7.23. The Morgan fingerprint density at radius 1 is 1.33 bits per heavy atom. The predicted octanol–water partition coefficient (Wildman–Crippen LogP) is 2.02. The lowest BCUT2D eigenvalue weighted by molar-refractivity contribution is 0.182. The number of halogens is 1. The molecule has 4 nitrogen and oxygen atoms in total. The van der Waals surface area contributed by atoms with Crippen LogP contribution < -0.4 is 4.72 Å². The van der Waals surface area contributed by atoms with Crippen LogP contribution in [0.3, 0.4) is 0 Å². The van der Waals surface area contributed by atoms with Gasteiger partial charge in [0, 0.05) is 11.9 Å². The van der Waals surface area contributed by atoms with Crippen molar-refractivity contribution in [3.05, 3.63) is 29.8 Å². The molecule has 1 atom stereocenters. The molecule has 0 saturated heterocycles. The molecule has 102 valence electrons. The number of nitrogens with one attached hydrogen (secondary N) is 1. The van der Waals surface area contributed by atoms with E-state index >= 15 is 0 Å². The zero-order valence-corrected chi connectivity index (χ0v) is 12.7. The van der Waals surface area contributed by atoms with Gasteiger partial charge in [0.25, 0.3) is 0 Å². The van der Waals surface area contributed by atoms with Crippen molar-refractivity contribution in [2.75, 3.05) is 6.54 Å². The maximum absolute atomic E-state index is 11.9. The molecular weight excluding hydrogens is 318 g/mol.